The van der Waals surface area contributed by atoms with Gasteiger partial charge in [-0.25, -0.2) is 0 Å². The van der Waals surface area contributed by atoms with Gasteiger partial charge in [0.2, 0.25) is 0 Å². The van der Waals surface area contributed by atoms with Crippen LogP contribution in [0, 0.1) is 6.92 Å². The maximum absolute atomic E-state index is 4.18. The Morgan fingerprint density at radius 3 is 2.83 bits per heavy atom. The third-order valence-corrected chi connectivity index (χ3v) is 1.64. The average molecular weight is 160 g/mol. The van der Waals surface area contributed by atoms with Gasteiger partial charge < -0.3 is 0 Å². The van der Waals surface area contributed by atoms with E-state index in [1.807, 2.05) is 20.0 Å². The molecule has 0 amide bonds. The highest BCUT2D eigenvalue weighted by Crippen LogP contribution is 2.21. The first-order valence-corrected chi connectivity index (χ1v) is 3.85. The third kappa shape index (κ3) is 1.59. The molecule has 1 heterocycles. The fourth-order valence-electron chi connectivity index (χ4n) is 1.07. The highest BCUT2D eigenvalue weighted by molar-refractivity contribution is 5.69. The fourth-order valence-corrected chi connectivity index (χ4v) is 1.07. The van der Waals surface area contributed by atoms with Crippen molar-refractivity contribution in [3.8, 4) is 0 Å². The van der Waals surface area contributed by atoms with Gasteiger partial charge in [0.25, 0.3) is 0 Å². The largest absolute Gasteiger partial charge is 0.262 e. The van der Waals surface area contributed by atoms with Crippen LogP contribution in [0.2, 0.25) is 0 Å². The van der Waals surface area contributed by atoms with Crippen LogP contribution < -0.4 is 0 Å². The van der Waals surface area contributed by atoms with E-state index in [1.165, 1.54) is 0 Å². The van der Waals surface area contributed by atoms with Gasteiger partial charge in [-0.2, -0.15) is 0 Å². The summed E-state index contributed by atoms with van der Waals surface area (Å²) in [6.07, 6.45) is 7.11. The number of hydrogen-bond donors (Lipinski definition) is 0. The van der Waals surface area contributed by atoms with Crippen LogP contribution >= 0.6 is 0 Å². The average Bonchev–Trinajstić information content (AvgIpc) is 2.05. The van der Waals surface area contributed by atoms with E-state index in [0.29, 0.717) is 0 Å². The molecule has 0 aliphatic heterocycles. The number of hydrogen-bond acceptors (Lipinski definition) is 2. The topological polar surface area (TPSA) is 25.2 Å². The van der Waals surface area contributed by atoms with Crippen LogP contribution in [0.1, 0.15) is 18.1 Å². The summed E-state index contributed by atoms with van der Waals surface area (Å²) in [7, 11) is 0. The molecule has 0 aromatic carbocycles. The van der Waals surface area contributed by atoms with Crippen LogP contribution in [-0.2, 0) is 0 Å². The Morgan fingerprint density at radius 1 is 1.50 bits per heavy atom. The molecule has 12 heavy (non-hydrogen) atoms. The summed E-state index contributed by atoms with van der Waals surface area (Å²) >= 11 is 0. The molecule has 1 rings (SSSR count). The van der Waals surface area contributed by atoms with Gasteiger partial charge in [-0.15, -0.1) is 0 Å². The van der Waals surface area contributed by atoms with Gasteiger partial charge in [0.15, 0.2) is 0 Å². The SMILES string of the molecule is C=Cc1c(C)cncc1N=CC. The fraction of sp³-hybridized carbons (Fsp3) is 0.200. The number of aromatic nitrogens is 1. The highest BCUT2D eigenvalue weighted by atomic mass is 14.8. The summed E-state index contributed by atoms with van der Waals surface area (Å²) in [5.41, 5.74) is 3.05. The highest BCUT2D eigenvalue weighted by Gasteiger charge is 1.99. The smallest absolute Gasteiger partial charge is 0.0883 e. The maximum atomic E-state index is 4.18. The van der Waals surface area contributed by atoms with Crippen LogP contribution in [-0.4, -0.2) is 11.2 Å². The first kappa shape index (κ1) is 8.65. The van der Waals surface area contributed by atoms with E-state index in [0.717, 1.165) is 16.8 Å². The molecule has 0 spiro atoms. The van der Waals surface area contributed by atoms with Crippen molar-refractivity contribution in [2.75, 3.05) is 0 Å². The van der Waals surface area contributed by atoms with E-state index in [2.05, 4.69) is 16.6 Å². The first-order chi connectivity index (χ1) is 5.79. The van der Waals surface area contributed by atoms with E-state index in [-0.39, 0.29) is 0 Å². The van der Waals surface area contributed by atoms with Gasteiger partial charge in [0, 0.05) is 18.0 Å². The lowest BCUT2D eigenvalue weighted by Crippen LogP contribution is -1.83. The van der Waals surface area contributed by atoms with E-state index in [9.17, 15) is 0 Å². The van der Waals surface area contributed by atoms with Gasteiger partial charge in [-0.1, -0.05) is 12.7 Å². The summed E-state index contributed by atoms with van der Waals surface area (Å²) in [5, 5.41) is 0. The number of pyridine rings is 1. The molecule has 0 bridgehead atoms. The second-order valence-electron chi connectivity index (χ2n) is 2.48. The number of nitrogens with zero attached hydrogens (tertiary/aromatic N) is 2. The predicted octanol–water partition coefficient (Wildman–Crippen LogP) is 2.76. The Kier molecular flexibility index (Phi) is 2.75. The Bertz CT molecular complexity index is 314. The zero-order chi connectivity index (χ0) is 8.97. The van der Waals surface area contributed by atoms with Crippen molar-refractivity contribution in [2.45, 2.75) is 13.8 Å². The zero-order valence-electron chi connectivity index (χ0n) is 7.41. The van der Waals surface area contributed by atoms with Crippen LogP contribution in [0.3, 0.4) is 0 Å². The summed E-state index contributed by atoms with van der Waals surface area (Å²) < 4.78 is 0. The predicted molar refractivity (Wildman–Crippen MR) is 52.9 cm³/mol. The van der Waals surface area contributed by atoms with Gasteiger partial charge in [0.05, 0.1) is 11.9 Å². The molecule has 0 atom stereocenters. The molecule has 0 N–H and O–H groups in total. The molecule has 0 saturated carbocycles. The molecule has 0 saturated heterocycles. The summed E-state index contributed by atoms with van der Waals surface area (Å²) in [4.78, 5) is 8.23. The second-order valence-corrected chi connectivity index (χ2v) is 2.48. The van der Waals surface area contributed by atoms with Crippen molar-refractivity contribution < 1.29 is 0 Å². The lowest BCUT2D eigenvalue weighted by atomic mass is 10.1. The third-order valence-electron chi connectivity index (χ3n) is 1.64. The van der Waals surface area contributed by atoms with Gasteiger partial charge >= 0.3 is 0 Å². The Morgan fingerprint density at radius 2 is 2.25 bits per heavy atom. The van der Waals surface area contributed by atoms with Crippen LogP contribution in [0.25, 0.3) is 6.08 Å². The molecule has 0 unspecified atom stereocenters. The van der Waals surface area contributed by atoms with Crippen molar-refractivity contribution in [3.63, 3.8) is 0 Å². The molecule has 1 aromatic rings. The zero-order valence-corrected chi connectivity index (χ0v) is 7.41. The number of aliphatic imine (C=N–C) groups is 1. The minimum absolute atomic E-state index is 0.882. The minimum Gasteiger partial charge on any atom is -0.262 e. The summed E-state index contributed by atoms with van der Waals surface area (Å²) in [5.74, 6) is 0. The maximum Gasteiger partial charge on any atom is 0.0883 e. The van der Waals surface area contributed by atoms with Crippen LogP contribution in [0.15, 0.2) is 24.0 Å². The van der Waals surface area contributed by atoms with E-state index < -0.39 is 0 Å². The molecule has 0 radical (unpaired) electrons. The number of rotatable bonds is 2. The van der Waals surface area contributed by atoms with E-state index >= 15 is 0 Å². The standard InChI is InChI=1S/C10H12N2/c1-4-9-8(3)6-11-7-10(9)12-5-2/h4-7H,1H2,2-3H3. The first-order valence-electron chi connectivity index (χ1n) is 3.85. The van der Waals surface area contributed by atoms with Crippen molar-refractivity contribution >= 4 is 18.0 Å². The second kappa shape index (κ2) is 3.81. The van der Waals surface area contributed by atoms with Crippen LogP contribution in [0.5, 0.6) is 0 Å². The molecule has 0 fully saturated rings. The molecular formula is C10H12N2. The Labute approximate surface area is 72.7 Å². The Balaban J connectivity index is 3.27. The molecule has 0 aliphatic carbocycles. The molecule has 1 aromatic heterocycles. The molecule has 0 aliphatic rings. The quantitative estimate of drug-likeness (QED) is 0.611. The van der Waals surface area contributed by atoms with Crippen LogP contribution in [0.4, 0.5) is 5.69 Å². The normalized spacial score (nSPS) is 10.5. The van der Waals surface area contributed by atoms with Gasteiger partial charge in [-0.05, 0) is 19.4 Å². The van der Waals surface area contributed by atoms with Crippen molar-refractivity contribution in [1.29, 1.82) is 0 Å². The van der Waals surface area contributed by atoms with Crippen molar-refractivity contribution in [2.24, 2.45) is 4.99 Å². The summed E-state index contributed by atoms with van der Waals surface area (Å²) in [6.45, 7) is 7.62. The number of aryl methyl sites for hydroxylation is 1. The van der Waals surface area contributed by atoms with E-state index in [4.69, 9.17) is 0 Å². The van der Waals surface area contributed by atoms with Gasteiger partial charge in [-0.3, -0.25) is 9.98 Å². The molecule has 2 nitrogen and oxygen atoms in total. The lowest BCUT2D eigenvalue weighted by Gasteiger charge is -2.02. The van der Waals surface area contributed by atoms with E-state index in [1.54, 1.807) is 18.5 Å². The van der Waals surface area contributed by atoms with Gasteiger partial charge in [0.1, 0.15) is 0 Å². The molecule has 62 valence electrons. The van der Waals surface area contributed by atoms with Crippen molar-refractivity contribution in [1.82, 2.24) is 4.98 Å². The lowest BCUT2D eigenvalue weighted by molar-refractivity contribution is 1.24. The van der Waals surface area contributed by atoms with Crippen molar-refractivity contribution in [3.05, 3.63) is 30.1 Å². The monoisotopic (exact) mass is 160 g/mol. The Hall–Kier alpha value is -1.44. The molecule has 2 heteroatoms. The summed E-state index contributed by atoms with van der Waals surface area (Å²) in [6, 6.07) is 0. The minimum atomic E-state index is 0.882. The molecular weight excluding hydrogens is 148 g/mol.